The number of para-hydroxylation sites is 1. The molecule has 6 nitrogen and oxygen atoms in total. The van der Waals surface area contributed by atoms with Crippen molar-refractivity contribution in [2.45, 2.75) is 37.9 Å². The first-order valence-electron chi connectivity index (χ1n) is 12.0. The number of ketones is 1. The quantitative estimate of drug-likeness (QED) is 0.184. The van der Waals surface area contributed by atoms with Crippen molar-refractivity contribution in [1.29, 1.82) is 0 Å². The number of aromatic nitrogens is 2. The third-order valence-electron chi connectivity index (χ3n) is 5.91. The van der Waals surface area contributed by atoms with E-state index in [9.17, 15) is 14.4 Å². The highest BCUT2D eigenvalue weighted by atomic mass is 32.2. The van der Waals surface area contributed by atoms with E-state index < -0.39 is 0 Å². The number of Topliss-reactive ketones (excluding diaryl/α,β-unsaturated/α-hetero) is 1. The Morgan fingerprint density at radius 3 is 2.33 bits per heavy atom. The second-order valence-electron chi connectivity index (χ2n) is 8.60. The Bertz CT molecular complexity index is 1400. The van der Waals surface area contributed by atoms with Crippen LogP contribution in [0.4, 0.5) is 0 Å². The molecular weight excluding hydrogens is 470 g/mol. The van der Waals surface area contributed by atoms with Crippen LogP contribution >= 0.6 is 11.8 Å². The molecule has 0 atom stereocenters. The van der Waals surface area contributed by atoms with Crippen LogP contribution in [-0.2, 0) is 24.2 Å². The van der Waals surface area contributed by atoms with E-state index in [1.54, 1.807) is 10.6 Å². The standard InChI is InChI=1S/C29H29N3O3S/c1-21(33)30-18-17-23-13-15-24(16-14-23)27(34)20-36-29-31-26-12-6-5-11-25(26)28(35)32(29)19-7-10-22-8-3-2-4-9-22/h2-6,8-9,11-16H,7,10,17-20H2,1H3,(H,30,33). The molecule has 0 spiro atoms. The number of aryl methyl sites for hydroxylation is 1. The minimum Gasteiger partial charge on any atom is -0.356 e. The monoisotopic (exact) mass is 499 g/mol. The molecule has 0 saturated heterocycles. The van der Waals surface area contributed by atoms with Crippen LogP contribution in [0, 0.1) is 0 Å². The molecular formula is C29H29N3O3S. The summed E-state index contributed by atoms with van der Waals surface area (Å²) in [5, 5.41) is 3.92. The van der Waals surface area contributed by atoms with Crippen LogP contribution in [0.25, 0.3) is 10.9 Å². The highest BCUT2D eigenvalue weighted by molar-refractivity contribution is 7.99. The first-order chi connectivity index (χ1) is 17.5. The fraction of sp³-hybridized carbons (Fsp3) is 0.241. The van der Waals surface area contributed by atoms with E-state index in [4.69, 9.17) is 4.98 Å². The number of amides is 1. The number of rotatable bonds is 11. The zero-order valence-corrected chi connectivity index (χ0v) is 21.1. The molecule has 0 aliphatic rings. The predicted molar refractivity (Wildman–Crippen MR) is 145 cm³/mol. The molecule has 0 bridgehead atoms. The molecule has 0 aliphatic carbocycles. The first kappa shape index (κ1) is 25.4. The number of fused-ring (bicyclic) bond motifs is 1. The smallest absolute Gasteiger partial charge is 0.262 e. The Kier molecular flexibility index (Phi) is 8.68. The number of carbonyl (C=O) groups is 2. The van der Waals surface area contributed by atoms with Crippen LogP contribution in [-0.4, -0.2) is 33.5 Å². The summed E-state index contributed by atoms with van der Waals surface area (Å²) < 4.78 is 1.70. The Labute approximate surface area is 214 Å². The van der Waals surface area contributed by atoms with Gasteiger partial charge in [-0.15, -0.1) is 0 Å². The lowest BCUT2D eigenvalue weighted by molar-refractivity contribution is -0.118. The molecule has 0 fully saturated rings. The maximum absolute atomic E-state index is 13.3. The largest absolute Gasteiger partial charge is 0.356 e. The molecule has 0 saturated carbocycles. The van der Waals surface area contributed by atoms with Crippen LogP contribution in [0.3, 0.4) is 0 Å². The van der Waals surface area contributed by atoms with Gasteiger partial charge in [-0.3, -0.25) is 19.0 Å². The minimum atomic E-state index is -0.0767. The van der Waals surface area contributed by atoms with Crippen molar-refractivity contribution in [1.82, 2.24) is 14.9 Å². The normalized spacial score (nSPS) is 10.9. The van der Waals surface area contributed by atoms with Crippen molar-refractivity contribution >= 4 is 34.4 Å². The van der Waals surface area contributed by atoms with Gasteiger partial charge in [0, 0.05) is 25.6 Å². The van der Waals surface area contributed by atoms with Crippen LogP contribution in [0.5, 0.6) is 0 Å². The Morgan fingerprint density at radius 2 is 1.58 bits per heavy atom. The second kappa shape index (κ2) is 12.3. The van der Waals surface area contributed by atoms with E-state index in [2.05, 4.69) is 17.4 Å². The Balaban J connectivity index is 1.46. The van der Waals surface area contributed by atoms with Gasteiger partial charge in [-0.25, -0.2) is 4.98 Å². The molecule has 184 valence electrons. The van der Waals surface area contributed by atoms with E-state index in [-0.39, 0.29) is 23.0 Å². The molecule has 0 radical (unpaired) electrons. The number of carbonyl (C=O) groups excluding carboxylic acids is 2. The molecule has 4 aromatic rings. The second-order valence-corrected chi connectivity index (χ2v) is 9.54. The third kappa shape index (κ3) is 6.70. The number of thioether (sulfide) groups is 1. The topological polar surface area (TPSA) is 81.1 Å². The molecule has 3 aromatic carbocycles. The van der Waals surface area contributed by atoms with Crippen molar-refractivity contribution in [3.05, 3.63) is 106 Å². The van der Waals surface area contributed by atoms with Crippen molar-refractivity contribution in [3.63, 3.8) is 0 Å². The van der Waals surface area contributed by atoms with Crippen LogP contribution in [0.15, 0.2) is 88.8 Å². The van der Waals surface area contributed by atoms with Gasteiger partial charge in [-0.1, -0.05) is 78.5 Å². The number of nitrogens with one attached hydrogen (secondary N) is 1. The van der Waals surface area contributed by atoms with E-state index in [0.717, 1.165) is 18.4 Å². The Hall–Kier alpha value is -3.71. The van der Waals surface area contributed by atoms with Crippen LogP contribution < -0.4 is 10.9 Å². The van der Waals surface area contributed by atoms with Gasteiger partial charge in [0.1, 0.15) is 0 Å². The molecule has 1 aromatic heterocycles. The molecule has 1 heterocycles. The van der Waals surface area contributed by atoms with Crippen molar-refractivity contribution in [3.8, 4) is 0 Å². The Morgan fingerprint density at radius 1 is 0.889 bits per heavy atom. The summed E-state index contributed by atoms with van der Waals surface area (Å²) in [5.74, 6) is 0.112. The highest BCUT2D eigenvalue weighted by Gasteiger charge is 2.14. The zero-order chi connectivity index (χ0) is 25.3. The first-order valence-corrected chi connectivity index (χ1v) is 13.0. The SMILES string of the molecule is CC(=O)NCCc1ccc(C(=O)CSc2nc3ccccc3c(=O)n2CCCc2ccccc2)cc1. The summed E-state index contributed by atoms with van der Waals surface area (Å²) in [5.41, 5.74) is 3.46. The van der Waals surface area contributed by atoms with Crippen LogP contribution in [0.2, 0.25) is 0 Å². The average molecular weight is 500 g/mol. The number of benzene rings is 3. The van der Waals surface area contributed by atoms with Gasteiger partial charge < -0.3 is 5.32 Å². The predicted octanol–water partition coefficient (Wildman–Crippen LogP) is 4.68. The van der Waals surface area contributed by atoms with Gasteiger partial charge in [-0.05, 0) is 42.5 Å². The highest BCUT2D eigenvalue weighted by Crippen LogP contribution is 2.20. The summed E-state index contributed by atoms with van der Waals surface area (Å²) in [7, 11) is 0. The van der Waals surface area contributed by atoms with Crippen molar-refractivity contribution < 1.29 is 9.59 Å². The third-order valence-corrected chi connectivity index (χ3v) is 6.89. The molecule has 4 rings (SSSR count). The lowest BCUT2D eigenvalue weighted by Gasteiger charge is -2.13. The summed E-state index contributed by atoms with van der Waals surface area (Å²) in [6, 6.07) is 25.0. The van der Waals surface area contributed by atoms with E-state index in [1.807, 2.05) is 60.7 Å². The lowest BCUT2D eigenvalue weighted by Crippen LogP contribution is -2.24. The summed E-state index contributed by atoms with van der Waals surface area (Å²) in [4.78, 5) is 41.9. The molecule has 1 amide bonds. The lowest BCUT2D eigenvalue weighted by atomic mass is 10.1. The number of hydrogen-bond acceptors (Lipinski definition) is 5. The maximum Gasteiger partial charge on any atom is 0.262 e. The maximum atomic E-state index is 13.3. The van der Waals surface area contributed by atoms with Crippen molar-refractivity contribution in [2.75, 3.05) is 12.3 Å². The summed E-state index contributed by atoms with van der Waals surface area (Å²) in [6.07, 6.45) is 2.36. The van der Waals surface area contributed by atoms with Gasteiger partial charge in [0.25, 0.3) is 5.56 Å². The average Bonchev–Trinajstić information content (AvgIpc) is 2.89. The molecule has 36 heavy (non-hydrogen) atoms. The number of nitrogens with zero attached hydrogens (tertiary/aromatic N) is 2. The van der Waals surface area contributed by atoms with Crippen molar-refractivity contribution in [2.24, 2.45) is 0 Å². The molecule has 0 aliphatic heterocycles. The minimum absolute atomic E-state index is 0.0216. The fourth-order valence-electron chi connectivity index (χ4n) is 3.99. The number of hydrogen-bond donors (Lipinski definition) is 1. The van der Waals surface area contributed by atoms with Gasteiger partial charge in [0.15, 0.2) is 10.9 Å². The molecule has 1 N–H and O–H groups in total. The van der Waals surface area contributed by atoms with Gasteiger partial charge in [-0.2, -0.15) is 0 Å². The fourth-order valence-corrected chi connectivity index (χ4v) is 4.91. The molecule has 0 unspecified atom stereocenters. The van der Waals surface area contributed by atoms with Gasteiger partial charge in [0.2, 0.25) is 5.91 Å². The van der Waals surface area contributed by atoms with E-state index >= 15 is 0 Å². The van der Waals surface area contributed by atoms with Crippen LogP contribution in [0.1, 0.15) is 34.8 Å². The van der Waals surface area contributed by atoms with E-state index in [0.29, 0.717) is 41.1 Å². The summed E-state index contributed by atoms with van der Waals surface area (Å²) >= 11 is 1.30. The zero-order valence-electron chi connectivity index (χ0n) is 20.3. The molecule has 7 heteroatoms. The van der Waals surface area contributed by atoms with E-state index in [1.165, 1.54) is 24.2 Å². The summed E-state index contributed by atoms with van der Waals surface area (Å²) in [6.45, 7) is 2.59. The van der Waals surface area contributed by atoms with Gasteiger partial charge >= 0.3 is 0 Å². The van der Waals surface area contributed by atoms with Gasteiger partial charge in [0.05, 0.1) is 16.7 Å².